The van der Waals surface area contributed by atoms with Crippen LogP contribution in [0.1, 0.15) is 26.2 Å². The third-order valence-corrected chi connectivity index (χ3v) is 10.9. The number of allylic oxidation sites excluding steroid dienone is 11. The number of hydrogen-bond donors (Lipinski definition) is 0. The zero-order chi connectivity index (χ0) is 34.0. The van der Waals surface area contributed by atoms with Gasteiger partial charge in [0, 0.05) is 37.6 Å². The van der Waals surface area contributed by atoms with Gasteiger partial charge in [-0.2, -0.15) is 0 Å². The number of anilines is 2. The second-order valence-corrected chi connectivity index (χ2v) is 14.1. The molecule has 2 heterocycles. The van der Waals surface area contributed by atoms with Crippen molar-refractivity contribution in [3.05, 3.63) is 182 Å². The van der Waals surface area contributed by atoms with Gasteiger partial charge in [0.15, 0.2) is 0 Å². The van der Waals surface area contributed by atoms with Crippen LogP contribution in [-0.4, -0.2) is 0 Å². The van der Waals surface area contributed by atoms with E-state index < -0.39 is 0 Å². The van der Waals surface area contributed by atoms with Crippen molar-refractivity contribution in [1.29, 1.82) is 0 Å². The molecular weight excluding hydrogens is 627 g/mol. The molecule has 0 spiro atoms. The van der Waals surface area contributed by atoms with Gasteiger partial charge < -0.3 is 9.32 Å². The van der Waals surface area contributed by atoms with E-state index in [2.05, 4.69) is 159 Å². The first-order valence-corrected chi connectivity index (χ1v) is 18.2. The maximum atomic E-state index is 6.23. The van der Waals surface area contributed by atoms with Crippen LogP contribution in [0.2, 0.25) is 0 Å². The quantitative estimate of drug-likeness (QED) is 0.124. The smallest absolute Gasteiger partial charge is 0.136 e. The first-order valence-electron chi connectivity index (χ1n) is 17.3. The molecule has 0 radical (unpaired) electrons. The Balaban J connectivity index is 1.27. The lowest BCUT2D eigenvalue weighted by Crippen LogP contribution is -2.15. The third-order valence-electron chi connectivity index (χ3n) is 9.68. The molecule has 0 saturated heterocycles. The summed E-state index contributed by atoms with van der Waals surface area (Å²) in [5.41, 5.74) is 7.51. The Kier molecular flexibility index (Phi) is 8.66. The van der Waals surface area contributed by atoms with Gasteiger partial charge in [-0.25, -0.2) is 0 Å². The molecule has 0 saturated carbocycles. The van der Waals surface area contributed by atoms with Gasteiger partial charge in [0.2, 0.25) is 0 Å². The average molecular weight is 666 g/mol. The lowest BCUT2D eigenvalue weighted by atomic mass is 9.94. The molecule has 244 valence electrons. The van der Waals surface area contributed by atoms with Gasteiger partial charge in [0.05, 0.1) is 10.4 Å². The van der Waals surface area contributed by atoms with Crippen LogP contribution in [0, 0.1) is 5.92 Å². The largest absolute Gasteiger partial charge is 0.456 e. The standard InChI is InChI=1S/C47H39NOS/c1-4-15-36(19-13-18-34-17-8-6-5-7-16-32(2)33(3)30-34)48(42-23-14-22-40-39-20-10-12-25-45(39)50-47(40)42)37-27-28-38-35(31-37)26-29-44-46(38)41-21-9-11-24-43(41)49-44/h4-5,7-15,17,19-32H,1,3,6,16,18H2,2H3/b7-5-,17-8?,19-13-,34-30?,36-15+. The van der Waals surface area contributed by atoms with Crippen molar-refractivity contribution < 1.29 is 4.42 Å². The minimum Gasteiger partial charge on any atom is -0.456 e. The number of hydrogen-bond acceptors (Lipinski definition) is 3. The van der Waals surface area contributed by atoms with Crippen molar-refractivity contribution in [2.24, 2.45) is 5.92 Å². The van der Waals surface area contributed by atoms with E-state index in [4.69, 9.17) is 4.42 Å². The number of fused-ring (bicyclic) bond motifs is 8. The number of thiophene rings is 1. The summed E-state index contributed by atoms with van der Waals surface area (Å²) in [4.78, 5) is 2.39. The molecule has 3 heteroatoms. The highest BCUT2D eigenvalue weighted by Gasteiger charge is 2.20. The molecule has 8 rings (SSSR count). The monoisotopic (exact) mass is 665 g/mol. The highest BCUT2D eigenvalue weighted by molar-refractivity contribution is 7.26. The van der Waals surface area contributed by atoms with E-state index in [0.717, 1.165) is 63.7 Å². The van der Waals surface area contributed by atoms with Crippen LogP contribution in [0.15, 0.2) is 186 Å². The van der Waals surface area contributed by atoms with Gasteiger partial charge in [-0.15, -0.1) is 11.3 Å². The van der Waals surface area contributed by atoms with Crippen LogP contribution in [0.3, 0.4) is 0 Å². The summed E-state index contributed by atoms with van der Waals surface area (Å²) in [6.07, 6.45) is 22.5. The molecule has 2 nitrogen and oxygen atoms in total. The normalized spacial score (nSPS) is 16.6. The summed E-state index contributed by atoms with van der Waals surface area (Å²) >= 11 is 1.85. The molecule has 0 bridgehead atoms. The molecule has 50 heavy (non-hydrogen) atoms. The number of para-hydroxylation sites is 1. The van der Waals surface area contributed by atoms with Crippen molar-refractivity contribution >= 4 is 75.6 Å². The molecule has 0 N–H and O–H groups in total. The first kappa shape index (κ1) is 31.6. The van der Waals surface area contributed by atoms with Gasteiger partial charge in [0.1, 0.15) is 11.2 Å². The predicted molar refractivity (Wildman–Crippen MR) is 219 cm³/mol. The summed E-state index contributed by atoms with van der Waals surface area (Å²) in [6.45, 7) is 10.8. The van der Waals surface area contributed by atoms with Gasteiger partial charge in [-0.1, -0.05) is 129 Å². The summed E-state index contributed by atoms with van der Waals surface area (Å²) in [5.74, 6) is 0.416. The van der Waals surface area contributed by atoms with Crippen molar-refractivity contribution in [3.63, 3.8) is 0 Å². The van der Waals surface area contributed by atoms with E-state index in [9.17, 15) is 0 Å². The molecule has 0 aliphatic heterocycles. The number of nitrogens with zero attached hydrogens (tertiary/aromatic N) is 1. The Morgan fingerprint density at radius 1 is 0.860 bits per heavy atom. The highest BCUT2D eigenvalue weighted by atomic mass is 32.1. The molecule has 7 aromatic rings. The second kappa shape index (κ2) is 13.7. The molecule has 1 atom stereocenters. The fourth-order valence-corrected chi connectivity index (χ4v) is 8.26. The Morgan fingerprint density at radius 2 is 1.70 bits per heavy atom. The topological polar surface area (TPSA) is 16.4 Å². The molecule has 5 aromatic carbocycles. The van der Waals surface area contributed by atoms with E-state index >= 15 is 0 Å². The predicted octanol–water partition coefficient (Wildman–Crippen LogP) is 14.3. The van der Waals surface area contributed by atoms with Crippen LogP contribution in [0.5, 0.6) is 0 Å². The molecule has 2 aromatic heterocycles. The van der Waals surface area contributed by atoms with Gasteiger partial charge in [0.25, 0.3) is 0 Å². The fraction of sp³-hybridized carbons (Fsp3) is 0.106. The van der Waals surface area contributed by atoms with Gasteiger partial charge in [-0.05, 0) is 90.1 Å². The minimum atomic E-state index is 0.416. The van der Waals surface area contributed by atoms with Crippen LogP contribution >= 0.6 is 11.3 Å². The van der Waals surface area contributed by atoms with E-state index in [1.54, 1.807) is 0 Å². The lowest BCUT2D eigenvalue weighted by molar-refractivity contribution is 0.669. The molecule has 0 fully saturated rings. The highest BCUT2D eigenvalue weighted by Crippen LogP contribution is 2.44. The third kappa shape index (κ3) is 5.95. The summed E-state index contributed by atoms with van der Waals surface area (Å²) < 4.78 is 8.77. The summed E-state index contributed by atoms with van der Waals surface area (Å²) in [6, 6.07) is 34.7. The Bertz CT molecular complexity index is 2580. The lowest BCUT2D eigenvalue weighted by Gasteiger charge is -2.27. The Hall–Kier alpha value is -5.64. The summed E-state index contributed by atoms with van der Waals surface area (Å²) in [5, 5.41) is 7.19. The zero-order valence-corrected chi connectivity index (χ0v) is 29.1. The molecule has 1 aliphatic rings. The Morgan fingerprint density at radius 3 is 2.60 bits per heavy atom. The minimum absolute atomic E-state index is 0.416. The van der Waals surface area contributed by atoms with E-state index in [-0.39, 0.29) is 0 Å². The number of furan rings is 1. The van der Waals surface area contributed by atoms with Crippen molar-refractivity contribution in [2.75, 3.05) is 4.90 Å². The molecule has 0 amide bonds. The van der Waals surface area contributed by atoms with Gasteiger partial charge >= 0.3 is 0 Å². The molecule has 1 aliphatic carbocycles. The number of rotatable bonds is 7. The maximum Gasteiger partial charge on any atom is 0.136 e. The average Bonchev–Trinajstić information content (AvgIpc) is 3.72. The van der Waals surface area contributed by atoms with Gasteiger partial charge in [-0.3, -0.25) is 0 Å². The van der Waals surface area contributed by atoms with E-state index in [0.29, 0.717) is 5.92 Å². The van der Waals surface area contributed by atoms with Crippen LogP contribution < -0.4 is 4.90 Å². The molecular formula is C47H39NOS. The Labute approximate surface area is 297 Å². The van der Waals surface area contributed by atoms with Crippen molar-refractivity contribution in [1.82, 2.24) is 0 Å². The zero-order valence-electron chi connectivity index (χ0n) is 28.3. The van der Waals surface area contributed by atoms with Crippen molar-refractivity contribution in [2.45, 2.75) is 26.2 Å². The SMILES string of the molecule is C=C/C=C(\C=C/CC1=CC(=C)C(C)C/C=C\CC=C1)N(c1ccc2c(ccc3oc4ccccc4c32)c1)c1cccc2c1sc1ccccc12. The van der Waals surface area contributed by atoms with E-state index in [1.807, 2.05) is 29.5 Å². The number of benzene rings is 5. The van der Waals surface area contributed by atoms with Crippen LogP contribution in [-0.2, 0) is 0 Å². The summed E-state index contributed by atoms with van der Waals surface area (Å²) in [7, 11) is 0. The van der Waals surface area contributed by atoms with Crippen molar-refractivity contribution in [3.8, 4) is 0 Å². The fourth-order valence-electron chi connectivity index (χ4n) is 7.06. The van der Waals surface area contributed by atoms with Crippen LogP contribution in [0.4, 0.5) is 11.4 Å². The van der Waals surface area contributed by atoms with Crippen LogP contribution in [0.25, 0.3) is 52.9 Å². The maximum absolute atomic E-state index is 6.23. The first-order chi connectivity index (χ1) is 24.6. The van der Waals surface area contributed by atoms with E-state index in [1.165, 1.54) is 36.7 Å². The second-order valence-electron chi connectivity index (χ2n) is 13.0. The molecule has 1 unspecified atom stereocenters.